The van der Waals surface area contributed by atoms with Crippen molar-refractivity contribution < 1.29 is 14.2 Å². The van der Waals surface area contributed by atoms with E-state index in [4.69, 9.17) is 34.1 Å². The zero-order valence-electron chi connectivity index (χ0n) is 52.4. The van der Waals surface area contributed by atoms with E-state index < -0.39 is 0 Å². The highest BCUT2D eigenvalue weighted by Gasteiger charge is 2.25. The second-order valence-corrected chi connectivity index (χ2v) is 23.3. The minimum absolute atomic E-state index is 0.585. The molecule has 3 saturated heterocycles. The van der Waals surface area contributed by atoms with E-state index in [0.717, 1.165) is 201 Å². The zero-order valence-corrected chi connectivity index (χ0v) is 52.4. The fourth-order valence-electron chi connectivity index (χ4n) is 12.0. The van der Waals surface area contributed by atoms with Gasteiger partial charge in [-0.15, -0.1) is 0 Å². The largest absolute Gasteiger partial charge is 0.385 e. The molecule has 3 aromatic carbocycles. The molecule has 15 rings (SSSR count). The van der Waals surface area contributed by atoms with E-state index in [9.17, 15) is 0 Å². The van der Waals surface area contributed by atoms with Crippen molar-refractivity contribution in [2.45, 2.75) is 32.2 Å². The molecule has 6 aromatic heterocycles. The van der Waals surface area contributed by atoms with Crippen LogP contribution in [0, 0.1) is 0 Å². The smallest absolute Gasteiger partial charge is 0.175 e. The predicted octanol–water partition coefficient (Wildman–Crippen LogP) is 11.3. The highest BCUT2D eigenvalue weighted by molar-refractivity contribution is 5.87. The molecule has 3 N–H and O–H groups in total. The normalized spacial score (nSPS) is 15.4. The van der Waals surface area contributed by atoms with Gasteiger partial charge in [-0.25, -0.2) is 19.9 Å². The SMILES string of the molecule is C=C(NCCc1ccccc1)c1ccc(C2=CCc3ncc(N4CCOCC4)cc32)nc1.C=C(NCc1ccccc1)c1ncc(C2=CCc3ncc(N4CCOCC4)cc32)cn1.C=C(Nc1ccccc1)c1ncc(C2=CCc3ncc(N4CCOCC4)cc32)cn1. The monoisotopic (exact) mass is 1230 g/mol. The van der Waals surface area contributed by atoms with E-state index in [1.165, 1.54) is 22.3 Å². The number of hydrogen-bond acceptors (Lipinski definition) is 17. The van der Waals surface area contributed by atoms with Crippen molar-refractivity contribution >= 4 is 56.6 Å². The molecule has 6 aliphatic rings. The van der Waals surface area contributed by atoms with Crippen molar-refractivity contribution in [2.75, 3.05) is 105 Å². The molecular weight excluding hydrogens is 1160 g/mol. The first kappa shape index (κ1) is 61.4. The van der Waals surface area contributed by atoms with Crippen molar-refractivity contribution in [3.63, 3.8) is 0 Å². The summed E-state index contributed by atoms with van der Waals surface area (Å²) in [5.41, 5.74) is 23.5. The van der Waals surface area contributed by atoms with Crippen LogP contribution >= 0.6 is 0 Å². The summed E-state index contributed by atoms with van der Waals surface area (Å²) in [6, 6.07) is 41.5. The number of nitrogens with one attached hydrogen (secondary N) is 3. The molecular formula is C76H76N14O3. The van der Waals surface area contributed by atoms with Gasteiger partial charge in [-0.3, -0.25) is 19.9 Å². The van der Waals surface area contributed by atoms with Gasteiger partial charge in [-0.1, -0.05) is 117 Å². The Bertz CT molecular complexity index is 4160. The van der Waals surface area contributed by atoms with Gasteiger partial charge in [0.15, 0.2) is 11.6 Å². The van der Waals surface area contributed by atoms with Crippen LogP contribution in [0.3, 0.4) is 0 Å². The zero-order chi connectivity index (χ0) is 63.1. The predicted molar refractivity (Wildman–Crippen MR) is 371 cm³/mol. The third kappa shape index (κ3) is 15.1. The van der Waals surface area contributed by atoms with Gasteiger partial charge in [0.25, 0.3) is 0 Å². The Morgan fingerprint density at radius 3 is 1.30 bits per heavy atom. The average Bonchev–Trinajstić information content (AvgIpc) is 1.74. The standard InChI is InChI=1S/C27H28N4O.C25H25N5O.C24H23N5O/c1-20(28-12-11-21-5-3-2-4-6-21)22-7-9-26(29-18-22)24-8-10-27-25(24)17-23(19-30-27)31-13-15-32-16-14-31;1-18(26-14-19-5-3-2-4-6-19)25-28-15-20(16-29-25)22-7-8-24-23(22)13-21(17-27-24)30-9-11-31-12-10-30;1-17(28-19-5-3-2-4-6-19)24-26-14-18(15-27-24)21-7-8-23-22(21)13-20(16-25-23)29-9-11-30-12-10-29/h2-9,17-19,28H,1,10-16H2;2-7,13,15-17,26H,1,8-12,14H2;2-7,13-16,28H,1,8-12H2. The summed E-state index contributed by atoms with van der Waals surface area (Å²) >= 11 is 0. The van der Waals surface area contributed by atoms with Gasteiger partial charge >= 0.3 is 0 Å². The highest BCUT2D eigenvalue weighted by atomic mass is 16.5. The van der Waals surface area contributed by atoms with Crippen LogP contribution in [0.15, 0.2) is 209 Å². The first-order chi connectivity index (χ1) is 45.8. The first-order valence-corrected chi connectivity index (χ1v) is 32.0. The molecule has 17 heteroatoms. The van der Waals surface area contributed by atoms with Crippen molar-refractivity contribution in [2.24, 2.45) is 0 Å². The van der Waals surface area contributed by atoms with Crippen LogP contribution in [-0.4, -0.2) is 125 Å². The lowest BCUT2D eigenvalue weighted by molar-refractivity contribution is 0.122. The van der Waals surface area contributed by atoms with E-state index in [1.54, 1.807) is 0 Å². The number of rotatable bonds is 18. The minimum atomic E-state index is 0.585. The number of aromatic nitrogens is 8. The van der Waals surface area contributed by atoms with Crippen molar-refractivity contribution in [1.82, 2.24) is 50.5 Å². The Kier molecular flexibility index (Phi) is 19.6. The van der Waals surface area contributed by atoms with Crippen LogP contribution in [0.4, 0.5) is 22.7 Å². The molecule has 0 bridgehead atoms. The quantitative estimate of drug-likeness (QED) is 0.0739. The lowest BCUT2D eigenvalue weighted by Gasteiger charge is -2.29. The molecule has 468 valence electrons. The number of pyridine rings is 4. The molecule has 93 heavy (non-hydrogen) atoms. The van der Waals surface area contributed by atoms with Crippen LogP contribution in [-0.2, 0) is 46.4 Å². The highest BCUT2D eigenvalue weighted by Crippen LogP contribution is 2.37. The number of hydrogen-bond donors (Lipinski definition) is 3. The summed E-state index contributed by atoms with van der Waals surface area (Å²) in [4.78, 5) is 44.1. The molecule has 3 aliphatic heterocycles. The van der Waals surface area contributed by atoms with Gasteiger partial charge in [0.05, 0.1) is 109 Å². The number of nitrogens with zero attached hydrogens (tertiary/aromatic N) is 11. The molecule has 3 fully saturated rings. The van der Waals surface area contributed by atoms with Crippen LogP contribution < -0.4 is 30.7 Å². The summed E-state index contributed by atoms with van der Waals surface area (Å²) in [5, 5.41) is 9.97. The summed E-state index contributed by atoms with van der Waals surface area (Å²) in [6.45, 7) is 23.9. The molecule has 0 spiro atoms. The van der Waals surface area contributed by atoms with Gasteiger partial charge in [-0.05, 0) is 71.2 Å². The molecule has 9 heterocycles. The van der Waals surface area contributed by atoms with Crippen molar-refractivity contribution in [3.05, 3.63) is 288 Å². The average molecular weight is 1230 g/mol. The van der Waals surface area contributed by atoms with Crippen LogP contribution in [0.5, 0.6) is 0 Å². The summed E-state index contributed by atoms with van der Waals surface area (Å²) in [5.74, 6) is 1.19. The van der Waals surface area contributed by atoms with Gasteiger partial charge in [0.2, 0.25) is 0 Å². The van der Waals surface area contributed by atoms with Gasteiger partial charge in [-0.2, -0.15) is 0 Å². The molecule has 0 unspecified atom stereocenters. The second kappa shape index (κ2) is 29.7. The van der Waals surface area contributed by atoms with Crippen molar-refractivity contribution in [1.29, 1.82) is 0 Å². The number of fused-ring (bicyclic) bond motifs is 3. The minimum Gasteiger partial charge on any atom is -0.385 e. The maximum Gasteiger partial charge on any atom is 0.175 e. The first-order valence-electron chi connectivity index (χ1n) is 32.0. The lowest BCUT2D eigenvalue weighted by Crippen LogP contribution is -2.36. The lowest BCUT2D eigenvalue weighted by atomic mass is 10.0. The third-order valence-electron chi connectivity index (χ3n) is 17.2. The van der Waals surface area contributed by atoms with Gasteiger partial charge in [0.1, 0.15) is 0 Å². The molecule has 0 atom stereocenters. The Morgan fingerprint density at radius 1 is 0.409 bits per heavy atom. The number of benzene rings is 3. The number of allylic oxidation sites excluding steroid dienone is 3. The molecule has 9 aromatic rings. The Morgan fingerprint density at radius 2 is 0.839 bits per heavy atom. The number of morpholine rings is 3. The Balaban J connectivity index is 0.000000127. The topological polar surface area (TPSA) is 177 Å². The Hall–Kier alpha value is -10.5. The molecule has 0 radical (unpaired) electrons. The summed E-state index contributed by atoms with van der Waals surface area (Å²) in [6.07, 6.45) is 25.5. The van der Waals surface area contributed by atoms with E-state index in [2.05, 4.69) is 155 Å². The van der Waals surface area contributed by atoms with E-state index >= 15 is 0 Å². The van der Waals surface area contributed by atoms with Crippen molar-refractivity contribution in [3.8, 4) is 0 Å². The van der Waals surface area contributed by atoms with E-state index in [0.29, 0.717) is 29.6 Å². The van der Waals surface area contributed by atoms with Crippen LogP contribution in [0.2, 0.25) is 0 Å². The number of ether oxygens (including phenoxy) is 3. The van der Waals surface area contributed by atoms with Gasteiger partial charge < -0.3 is 44.9 Å². The van der Waals surface area contributed by atoms with E-state index in [1.807, 2.05) is 104 Å². The van der Waals surface area contributed by atoms with Gasteiger partial charge in [0, 0.05) is 153 Å². The maximum atomic E-state index is 5.49. The summed E-state index contributed by atoms with van der Waals surface area (Å²) in [7, 11) is 0. The number of para-hydroxylation sites is 1. The molecule has 0 saturated carbocycles. The Labute approximate surface area is 544 Å². The fraction of sp³-hybridized carbons (Fsp3) is 0.237. The molecule has 17 nitrogen and oxygen atoms in total. The maximum absolute atomic E-state index is 5.49. The van der Waals surface area contributed by atoms with Crippen LogP contribution in [0.1, 0.15) is 78.9 Å². The fourth-order valence-corrected chi connectivity index (χ4v) is 12.0. The second-order valence-electron chi connectivity index (χ2n) is 23.3. The van der Waals surface area contributed by atoms with Crippen LogP contribution in [0.25, 0.3) is 33.8 Å². The number of anilines is 4. The molecule has 0 amide bonds. The summed E-state index contributed by atoms with van der Waals surface area (Å²) < 4.78 is 16.4. The van der Waals surface area contributed by atoms with E-state index in [-0.39, 0.29) is 0 Å². The third-order valence-corrected chi connectivity index (χ3v) is 17.2. The molecule has 3 aliphatic carbocycles.